The zero-order chi connectivity index (χ0) is 11.1. The van der Waals surface area contributed by atoms with E-state index in [2.05, 4.69) is 0 Å². The van der Waals surface area contributed by atoms with Crippen molar-refractivity contribution in [3.05, 3.63) is 0 Å². The highest BCUT2D eigenvalue weighted by Crippen LogP contribution is 2.49. The van der Waals surface area contributed by atoms with Gasteiger partial charge in [0.05, 0.1) is 12.7 Å². The van der Waals surface area contributed by atoms with Gasteiger partial charge in [0, 0.05) is 13.0 Å². The third kappa shape index (κ3) is 1.68. The molecule has 1 atom stereocenters. The minimum atomic E-state index is -2.57. The van der Waals surface area contributed by atoms with E-state index in [1.165, 1.54) is 0 Å². The zero-order valence-corrected chi connectivity index (χ0v) is 9.43. The van der Waals surface area contributed by atoms with E-state index in [1.807, 2.05) is 18.7 Å². The predicted octanol–water partition coefficient (Wildman–Crippen LogP) is 2.29. The summed E-state index contributed by atoms with van der Waals surface area (Å²) >= 11 is 0. The van der Waals surface area contributed by atoms with Gasteiger partial charge in [-0.25, -0.2) is 8.78 Å². The molecule has 2 fully saturated rings. The van der Waals surface area contributed by atoms with Crippen LogP contribution in [0.25, 0.3) is 0 Å². The molecule has 0 N–H and O–H groups in total. The molecule has 0 spiro atoms. The fourth-order valence-electron chi connectivity index (χ4n) is 2.76. The molecular formula is C11H19F2NO. The highest BCUT2D eigenvalue weighted by molar-refractivity contribution is 5.10. The van der Waals surface area contributed by atoms with Crippen LogP contribution in [0.3, 0.4) is 0 Å². The average Bonchev–Trinajstić information content (AvgIpc) is 2.64. The number of hydrogen-bond donors (Lipinski definition) is 0. The van der Waals surface area contributed by atoms with Crippen molar-refractivity contribution in [2.24, 2.45) is 0 Å². The van der Waals surface area contributed by atoms with Crippen molar-refractivity contribution < 1.29 is 13.5 Å². The number of ether oxygens (including phenoxy) is 1. The molecule has 15 heavy (non-hydrogen) atoms. The molecule has 0 radical (unpaired) electrons. The van der Waals surface area contributed by atoms with Gasteiger partial charge in [0.1, 0.15) is 5.54 Å². The fraction of sp³-hybridized carbons (Fsp3) is 1.00. The van der Waals surface area contributed by atoms with Crippen molar-refractivity contribution in [1.82, 2.24) is 4.90 Å². The number of fused-ring (bicyclic) bond motifs is 1. The predicted molar refractivity (Wildman–Crippen MR) is 54.2 cm³/mol. The summed E-state index contributed by atoms with van der Waals surface area (Å²) in [6, 6.07) is 0. The Kier molecular flexibility index (Phi) is 2.75. The Labute approximate surface area is 89.6 Å². The van der Waals surface area contributed by atoms with Crippen LogP contribution in [0.1, 0.15) is 33.1 Å². The second-order valence-corrected chi connectivity index (χ2v) is 4.94. The topological polar surface area (TPSA) is 12.5 Å². The lowest BCUT2D eigenvalue weighted by atomic mass is 9.91. The van der Waals surface area contributed by atoms with E-state index in [4.69, 9.17) is 4.74 Å². The SMILES string of the molecule is CC(C)OCC12CCCN1CCC2(F)F. The summed E-state index contributed by atoms with van der Waals surface area (Å²) in [6.07, 6.45) is 1.47. The standard InChI is InChI=1S/C11H19F2NO/c1-9(2)15-8-10-4-3-6-14(10)7-5-11(10,12)13/h9H,3-8H2,1-2H3. The van der Waals surface area contributed by atoms with Crippen molar-refractivity contribution in [1.29, 1.82) is 0 Å². The summed E-state index contributed by atoms with van der Waals surface area (Å²) in [6.45, 7) is 5.29. The van der Waals surface area contributed by atoms with Gasteiger partial charge in [-0.2, -0.15) is 0 Å². The third-order valence-electron chi connectivity index (χ3n) is 3.66. The molecule has 0 aliphatic carbocycles. The van der Waals surface area contributed by atoms with Crippen LogP contribution in [-0.2, 0) is 4.74 Å². The number of hydrogen-bond acceptors (Lipinski definition) is 2. The van der Waals surface area contributed by atoms with Crippen LogP contribution in [0.5, 0.6) is 0 Å². The second kappa shape index (κ2) is 3.67. The number of nitrogens with zero attached hydrogens (tertiary/aromatic N) is 1. The molecule has 0 aromatic carbocycles. The van der Waals surface area contributed by atoms with E-state index < -0.39 is 11.5 Å². The van der Waals surface area contributed by atoms with E-state index in [9.17, 15) is 8.78 Å². The molecule has 4 heteroatoms. The quantitative estimate of drug-likeness (QED) is 0.722. The van der Waals surface area contributed by atoms with E-state index >= 15 is 0 Å². The first-order valence-corrected chi connectivity index (χ1v) is 5.72. The molecule has 0 aromatic heterocycles. The minimum Gasteiger partial charge on any atom is -0.377 e. The first-order chi connectivity index (χ1) is 6.98. The number of halogens is 2. The zero-order valence-electron chi connectivity index (χ0n) is 9.43. The highest BCUT2D eigenvalue weighted by atomic mass is 19.3. The Balaban J connectivity index is 2.13. The summed E-state index contributed by atoms with van der Waals surface area (Å²) in [5.41, 5.74) is -0.989. The molecule has 2 nitrogen and oxygen atoms in total. The lowest BCUT2D eigenvalue weighted by molar-refractivity contribution is -0.124. The maximum absolute atomic E-state index is 13.9. The summed E-state index contributed by atoms with van der Waals surface area (Å²) in [4.78, 5) is 1.93. The molecular weight excluding hydrogens is 200 g/mol. The van der Waals surface area contributed by atoms with E-state index in [-0.39, 0.29) is 19.1 Å². The largest absolute Gasteiger partial charge is 0.377 e. The Hall–Kier alpha value is -0.220. The molecule has 2 saturated heterocycles. The monoisotopic (exact) mass is 219 g/mol. The lowest BCUT2D eigenvalue weighted by Gasteiger charge is -2.36. The van der Waals surface area contributed by atoms with Gasteiger partial charge < -0.3 is 4.74 Å². The van der Waals surface area contributed by atoms with Gasteiger partial charge in [0.2, 0.25) is 0 Å². The van der Waals surface area contributed by atoms with E-state index in [0.717, 1.165) is 13.0 Å². The van der Waals surface area contributed by atoms with Crippen LogP contribution in [0, 0.1) is 0 Å². The van der Waals surface area contributed by atoms with E-state index in [0.29, 0.717) is 13.0 Å². The number of alkyl halides is 2. The van der Waals surface area contributed by atoms with Crippen LogP contribution < -0.4 is 0 Å². The van der Waals surface area contributed by atoms with Gasteiger partial charge in [-0.05, 0) is 33.2 Å². The summed E-state index contributed by atoms with van der Waals surface area (Å²) < 4.78 is 33.2. The lowest BCUT2D eigenvalue weighted by Crippen LogP contribution is -2.53. The first kappa shape index (κ1) is 11.3. The second-order valence-electron chi connectivity index (χ2n) is 4.94. The normalized spacial score (nSPS) is 35.0. The van der Waals surface area contributed by atoms with Gasteiger partial charge in [-0.1, -0.05) is 0 Å². The molecule has 2 aliphatic heterocycles. The van der Waals surface area contributed by atoms with Crippen LogP contribution in [0.15, 0.2) is 0 Å². The molecule has 0 aromatic rings. The van der Waals surface area contributed by atoms with Crippen molar-refractivity contribution in [2.75, 3.05) is 19.7 Å². The smallest absolute Gasteiger partial charge is 0.269 e. The number of rotatable bonds is 3. The highest BCUT2D eigenvalue weighted by Gasteiger charge is 2.63. The molecule has 0 amide bonds. The molecule has 0 saturated carbocycles. The molecule has 2 rings (SSSR count). The van der Waals surface area contributed by atoms with Crippen LogP contribution in [0.4, 0.5) is 8.78 Å². The third-order valence-corrected chi connectivity index (χ3v) is 3.66. The Morgan fingerprint density at radius 1 is 1.27 bits per heavy atom. The van der Waals surface area contributed by atoms with Crippen LogP contribution in [-0.4, -0.2) is 42.2 Å². The van der Waals surface area contributed by atoms with Crippen molar-refractivity contribution >= 4 is 0 Å². The van der Waals surface area contributed by atoms with Crippen LogP contribution in [0.2, 0.25) is 0 Å². The molecule has 2 heterocycles. The van der Waals surface area contributed by atoms with Crippen molar-refractivity contribution in [3.8, 4) is 0 Å². The van der Waals surface area contributed by atoms with E-state index in [1.54, 1.807) is 0 Å². The minimum absolute atomic E-state index is 0.00550. The van der Waals surface area contributed by atoms with Crippen LogP contribution >= 0.6 is 0 Å². The summed E-state index contributed by atoms with van der Waals surface area (Å²) in [5.74, 6) is -2.57. The maximum Gasteiger partial charge on any atom is 0.269 e. The molecule has 1 unspecified atom stereocenters. The Bertz CT molecular complexity index is 245. The maximum atomic E-state index is 13.9. The van der Waals surface area contributed by atoms with Crippen molar-refractivity contribution in [3.63, 3.8) is 0 Å². The first-order valence-electron chi connectivity index (χ1n) is 5.72. The summed E-state index contributed by atoms with van der Waals surface area (Å²) in [7, 11) is 0. The van der Waals surface area contributed by atoms with Gasteiger partial charge in [-0.15, -0.1) is 0 Å². The van der Waals surface area contributed by atoms with Gasteiger partial charge in [0.15, 0.2) is 0 Å². The molecule has 88 valence electrons. The summed E-state index contributed by atoms with van der Waals surface area (Å²) in [5, 5.41) is 0. The van der Waals surface area contributed by atoms with Gasteiger partial charge in [-0.3, -0.25) is 4.90 Å². The molecule has 0 bridgehead atoms. The van der Waals surface area contributed by atoms with Gasteiger partial charge >= 0.3 is 0 Å². The molecule has 2 aliphatic rings. The van der Waals surface area contributed by atoms with Crippen molar-refractivity contribution in [2.45, 2.75) is 50.7 Å². The average molecular weight is 219 g/mol. The Morgan fingerprint density at radius 2 is 2.00 bits per heavy atom. The van der Waals surface area contributed by atoms with Gasteiger partial charge in [0.25, 0.3) is 5.92 Å². The fourth-order valence-corrected chi connectivity index (χ4v) is 2.76. The Morgan fingerprint density at radius 3 is 2.67 bits per heavy atom.